The summed E-state index contributed by atoms with van der Waals surface area (Å²) in [6.07, 6.45) is 5.61. The van der Waals surface area contributed by atoms with Crippen LogP contribution in [0.4, 0.5) is 0 Å². The van der Waals surface area contributed by atoms with Crippen LogP contribution in [0.2, 0.25) is 0 Å². The van der Waals surface area contributed by atoms with Crippen molar-refractivity contribution in [3.05, 3.63) is 58.9 Å². The van der Waals surface area contributed by atoms with E-state index in [-0.39, 0.29) is 0 Å². The lowest BCUT2D eigenvalue weighted by Crippen LogP contribution is -2.13. The van der Waals surface area contributed by atoms with E-state index in [2.05, 4.69) is 46.3 Å². The van der Waals surface area contributed by atoms with Gasteiger partial charge in [-0.1, -0.05) is 30.3 Å². The summed E-state index contributed by atoms with van der Waals surface area (Å²) in [5, 5.41) is 2.12. The molecule has 1 aromatic carbocycles. The maximum Gasteiger partial charge on any atom is 0.194 e. The molecule has 0 saturated heterocycles. The van der Waals surface area contributed by atoms with Gasteiger partial charge in [-0.05, 0) is 30.7 Å². The molecule has 0 spiro atoms. The maximum atomic E-state index is 4.72. The van der Waals surface area contributed by atoms with Gasteiger partial charge in [-0.25, -0.2) is 4.98 Å². The molecule has 1 atom stereocenters. The Kier molecular flexibility index (Phi) is 2.27. The van der Waals surface area contributed by atoms with Crippen LogP contribution in [0.5, 0.6) is 0 Å². The fraction of sp³-hybridized carbons (Fsp3) is 0.267. The number of thiazole rings is 1. The molecule has 3 heteroatoms. The monoisotopic (exact) mass is 254 g/mol. The summed E-state index contributed by atoms with van der Waals surface area (Å²) in [7, 11) is 0. The highest BCUT2D eigenvalue weighted by atomic mass is 32.1. The van der Waals surface area contributed by atoms with Gasteiger partial charge < -0.3 is 0 Å². The topological polar surface area (TPSA) is 17.3 Å². The quantitative estimate of drug-likeness (QED) is 0.647. The van der Waals surface area contributed by atoms with E-state index in [1.165, 1.54) is 23.4 Å². The molecular weight excluding hydrogens is 240 g/mol. The Morgan fingerprint density at radius 3 is 3.00 bits per heavy atom. The number of hydrogen-bond donors (Lipinski definition) is 0. The van der Waals surface area contributed by atoms with E-state index >= 15 is 0 Å². The molecule has 1 aliphatic carbocycles. The SMILES string of the molecule is c1ccc(C2CCc3nc4sccn4c3C2)cc1. The third-order valence-electron chi connectivity index (χ3n) is 3.88. The molecule has 2 aromatic heterocycles. The van der Waals surface area contributed by atoms with Crippen molar-refractivity contribution >= 4 is 16.3 Å². The second-order valence-electron chi connectivity index (χ2n) is 4.91. The second kappa shape index (κ2) is 3.95. The molecule has 0 aliphatic heterocycles. The summed E-state index contributed by atoms with van der Waals surface area (Å²) in [4.78, 5) is 5.87. The highest BCUT2D eigenvalue weighted by Gasteiger charge is 2.24. The number of aromatic nitrogens is 2. The molecule has 2 nitrogen and oxygen atoms in total. The molecule has 0 radical (unpaired) electrons. The lowest BCUT2D eigenvalue weighted by atomic mass is 9.84. The lowest BCUT2D eigenvalue weighted by molar-refractivity contribution is 0.568. The first kappa shape index (κ1) is 10.3. The Hall–Kier alpha value is -1.61. The summed E-state index contributed by atoms with van der Waals surface area (Å²) in [6.45, 7) is 0. The first-order valence-electron chi connectivity index (χ1n) is 6.40. The van der Waals surface area contributed by atoms with Crippen LogP contribution in [-0.2, 0) is 12.8 Å². The van der Waals surface area contributed by atoms with Crippen molar-refractivity contribution in [3.63, 3.8) is 0 Å². The Morgan fingerprint density at radius 2 is 2.11 bits per heavy atom. The van der Waals surface area contributed by atoms with E-state index in [1.807, 2.05) is 0 Å². The van der Waals surface area contributed by atoms with Gasteiger partial charge in [0.1, 0.15) is 0 Å². The van der Waals surface area contributed by atoms with Gasteiger partial charge in [0.15, 0.2) is 4.96 Å². The fourth-order valence-corrected chi connectivity index (χ4v) is 3.70. The average molecular weight is 254 g/mol. The molecule has 1 unspecified atom stereocenters. The first-order chi connectivity index (χ1) is 8.92. The molecule has 2 heterocycles. The zero-order valence-electron chi connectivity index (χ0n) is 10.0. The molecular formula is C15H14N2S. The largest absolute Gasteiger partial charge is 0.294 e. The Labute approximate surface area is 110 Å². The van der Waals surface area contributed by atoms with Crippen LogP contribution >= 0.6 is 11.3 Å². The maximum absolute atomic E-state index is 4.72. The number of fused-ring (bicyclic) bond motifs is 3. The van der Waals surface area contributed by atoms with Gasteiger partial charge in [-0.3, -0.25) is 4.40 Å². The first-order valence-corrected chi connectivity index (χ1v) is 7.28. The average Bonchev–Trinajstić information content (AvgIpc) is 2.99. The van der Waals surface area contributed by atoms with Crippen molar-refractivity contribution in [3.8, 4) is 0 Å². The van der Waals surface area contributed by atoms with Gasteiger partial charge >= 0.3 is 0 Å². The lowest BCUT2D eigenvalue weighted by Gasteiger charge is -2.22. The summed E-state index contributed by atoms with van der Waals surface area (Å²) < 4.78 is 2.27. The van der Waals surface area contributed by atoms with Crippen molar-refractivity contribution < 1.29 is 0 Å². The molecule has 18 heavy (non-hydrogen) atoms. The Bertz CT molecular complexity index is 681. The van der Waals surface area contributed by atoms with E-state index in [9.17, 15) is 0 Å². The van der Waals surface area contributed by atoms with Crippen molar-refractivity contribution in [2.24, 2.45) is 0 Å². The van der Waals surface area contributed by atoms with Crippen LogP contribution in [0.1, 0.15) is 29.3 Å². The predicted octanol–water partition coefficient (Wildman–Crippen LogP) is 3.67. The Morgan fingerprint density at radius 1 is 1.22 bits per heavy atom. The van der Waals surface area contributed by atoms with Crippen LogP contribution in [0.15, 0.2) is 41.9 Å². The predicted molar refractivity (Wildman–Crippen MR) is 74.3 cm³/mol. The van der Waals surface area contributed by atoms with Crippen molar-refractivity contribution in [2.45, 2.75) is 25.2 Å². The Balaban J connectivity index is 1.75. The van der Waals surface area contributed by atoms with Crippen LogP contribution < -0.4 is 0 Å². The van der Waals surface area contributed by atoms with Crippen molar-refractivity contribution in [1.29, 1.82) is 0 Å². The van der Waals surface area contributed by atoms with Gasteiger partial charge in [0, 0.05) is 17.3 Å². The van der Waals surface area contributed by atoms with Gasteiger partial charge in [0.25, 0.3) is 0 Å². The minimum Gasteiger partial charge on any atom is -0.294 e. The molecule has 0 bridgehead atoms. The van der Waals surface area contributed by atoms with Gasteiger partial charge in [0.2, 0.25) is 0 Å². The number of imidazole rings is 1. The van der Waals surface area contributed by atoms with Gasteiger partial charge in [0.05, 0.1) is 5.69 Å². The summed E-state index contributed by atoms with van der Waals surface area (Å²) >= 11 is 1.73. The number of rotatable bonds is 1. The number of nitrogens with zero attached hydrogens (tertiary/aromatic N) is 2. The fourth-order valence-electron chi connectivity index (χ4n) is 2.95. The van der Waals surface area contributed by atoms with E-state index in [4.69, 9.17) is 4.98 Å². The standard InChI is InChI=1S/C15H14N2S/c1-2-4-11(5-3-1)12-6-7-13-14(10-12)17-8-9-18-15(17)16-13/h1-5,8-9,12H,6-7,10H2. The minimum absolute atomic E-state index is 0.651. The molecule has 0 saturated carbocycles. The van der Waals surface area contributed by atoms with Gasteiger partial charge in [-0.2, -0.15) is 0 Å². The summed E-state index contributed by atoms with van der Waals surface area (Å²) in [6, 6.07) is 10.9. The second-order valence-corrected chi connectivity index (χ2v) is 5.78. The highest BCUT2D eigenvalue weighted by Crippen LogP contribution is 2.33. The van der Waals surface area contributed by atoms with E-state index in [0.29, 0.717) is 5.92 Å². The van der Waals surface area contributed by atoms with Crippen molar-refractivity contribution in [1.82, 2.24) is 9.38 Å². The summed E-state index contributed by atoms with van der Waals surface area (Å²) in [5.74, 6) is 0.651. The molecule has 1 aliphatic rings. The van der Waals surface area contributed by atoms with Crippen LogP contribution in [0, 0.1) is 0 Å². The minimum atomic E-state index is 0.651. The molecule has 0 amide bonds. The molecule has 3 aromatic rings. The van der Waals surface area contributed by atoms with Crippen molar-refractivity contribution in [2.75, 3.05) is 0 Å². The zero-order valence-corrected chi connectivity index (χ0v) is 10.9. The molecule has 0 fully saturated rings. The normalized spacial score (nSPS) is 19.0. The number of aryl methyl sites for hydroxylation is 1. The van der Waals surface area contributed by atoms with Crippen LogP contribution in [0.3, 0.4) is 0 Å². The molecule has 90 valence electrons. The van der Waals surface area contributed by atoms with Gasteiger partial charge in [-0.15, -0.1) is 11.3 Å². The third kappa shape index (κ3) is 1.51. The van der Waals surface area contributed by atoms with Crippen LogP contribution in [-0.4, -0.2) is 9.38 Å². The highest BCUT2D eigenvalue weighted by molar-refractivity contribution is 7.15. The zero-order chi connectivity index (χ0) is 11.9. The number of hydrogen-bond acceptors (Lipinski definition) is 2. The van der Waals surface area contributed by atoms with E-state index < -0.39 is 0 Å². The summed E-state index contributed by atoms with van der Waals surface area (Å²) in [5.41, 5.74) is 4.20. The number of benzene rings is 1. The van der Waals surface area contributed by atoms with E-state index in [1.54, 1.807) is 11.3 Å². The molecule has 0 N–H and O–H groups in total. The third-order valence-corrected chi connectivity index (χ3v) is 4.64. The van der Waals surface area contributed by atoms with Crippen LogP contribution in [0.25, 0.3) is 4.96 Å². The molecule has 4 rings (SSSR count). The smallest absolute Gasteiger partial charge is 0.194 e. The van der Waals surface area contributed by atoms with E-state index in [0.717, 1.165) is 17.8 Å².